The topological polar surface area (TPSA) is 9.23 Å². The molecular formula is C13H18O. The van der Waals surface area contributed by atoms with E-state index in [0.29, 0.717) is 0 Å². The minimum atomic E-state index is 0.00655. The summed E-state index contributed by atoms with van der Waals surface area (Å²) in [6.07, 6.45) is 3.02. The maximum absolute atomic E-state index is 5.35. The monoisotopic (exact) mass is 190 g/mol. The first-order chi connectivity index (χ1) is 6.68. The SMILES string of the molecule is C=C[C@](C)(CC)c1ccccc1OC. The molecule has 0 bridgehead atoms. The van der Waals surface area contributed by atoms with Gasteiger partial charge in [-0.3, -0.25) is 0 Å². The van der Waals surface area contributed by atoms with Crippen LogP contribution >= 0.6 is 0 Å². The van der Waals surface area contributed by atoms with Crippen molar-refractivity contribution in [3.8, 4) is 5.75 Å². The normalized spacial score (nSPS) is 14.5. The summed E-state index contributed by atoms with van der Waals surface area (Å²) in [5.74, 6) is 0.941. The van der Waals surface area contributed by atoms with Gasteiger partial charge >= 0.3 is 0 Å². The van der Waals surface area contributed by atoms with Crippen LogP contribution in [0.5, 0.6) is 5.75 Å². The average molecular weight is 190 g/mol. The van der Waals surface area contributed by atoms with Crippen molar-refractivity contribution in [2.24, 2.45) is 0 Å². The van der Waals surface area contributed by atoms with Crippen molar-refractivity contribution in [3.05, 3.63) is 42.5 Å². The van der Waals surface area contributed by atoms with Gasteiger partial charge in [-0.05, 0) is 12.5 Å². The van der Waals surface area contributed by atoms with Crippen molar-refractivity contribution in [2.45, 2.75) is 25.7 Å². The van der Waals surface area contributed by atoms with Crippen LogP contribution in [0.15, 0.2) is 36.9 Å². The molecule has 0 aliphatic heterocycles. The molecule has 0 radical (unpaired) electrons. The van der Waals surface area contributed by atoms with Crippen molar-refractivity contribution in [1.29, 1.82) is 0 Å². The molecular weight excluding hydrogens is 172 g/mol. The van der Waals surface area contributed by atoms with Crippen molar-refractivity contribution in [3.63, 3.8) is 0 Å². The van der Waals surface area contributed by atoms with Crippen molar-refractivity contribution in [1.82, 2.24) is 0 Å². The van der Waals surface area contributed by atoms with E-state index < -0.39 is 0 Å². The molecule has 1 aromatic rings. The highest BCUT2D eigenvalue weighted by Gasteiger charge is 2.23. The van der Waals surface area contributed by atoms with E-state index in [1.807, 2.05) is 24.3 Å². The third-order valence-electron chi connectivity index (χ3n) is 2.91. The summed E-state index contributed by atoms with van der Waals surface area (Å²) in [6, 6.07) is 8.12. The molecule has 1 atom stereocenters. The molecule has 0 saturated carbocycles. The Bertz CT molecular complexity index is 317. The molecule has 0 heterocycles. The van der Waals surface area contributed by atoms with Crippen molar-refractivity contribution >= 4 is 0 Å². The van der Waals surface area contributed by atoms with Gasteiger partial charge in [0.1, 0.15) is 5.75 Å². The lowest BCUT2D eigenvalue weighted by atomic mass is 9.80. The van der Waals surface area contributed by atoms with Gasteiger partial charge in [-0.15, -0.1) is 6.58 Å². The highest BCUT2D eigenvalue weighted by molar-refractivity contribution is 5.41. The Kier molecular flexibility index (Phi) is 3.34. The van der Waals surface area contributed by atoms with Gasteiger partial charge in [0.05, 0.1) is 7.11 Å². The van der Waals surface area contributed by atoms with Crippen molar-refractivity contribution < 1.29 is 4.74 Å². The Morgan fingerprint density at radius 3 is 2.57 bits per heavy atom. The van der Waals surface area contributed by atoms with E-state index in [2.05, 4.69) is 26.5 Å². The van der Waals surface area contributed by atoms with Crippen molar-refractivity contribution in [2.75, 3.05) is 7.11 Å². The Hall–Kier alpha value is -1.24. The largest absolute Gasteiger partial charge is 0.496 e. The molecule has 14 heavy (non-hydrogen) atoms. The summed E-state index contributed by atoms with van der Waals surface area (Å²) in [5, 5.41) is 0. The maximum Gasteiger partial charge on any atom is 0.122 e. The van der Waals surface area contributed by atoms with Crippen LogP contribution in [0.2, 0.25) is 0 Å². The molecule has 1 nitrogen and oxygen atoms in total. The van der Waals surface area contributed by atoms with E-state index in [1.54, 1.807) is 7.11 Å². The molecule has 1 aromatic carbocycles. The number of para-hydroxylation sites is 1. The lowest BCUT2D eigenvalue weighted by Crippen LogP contribution is -2.18. The zero-order valence-corrected chi connectivity index (χ0v) is 9.21. The third kappa shape index (κ3) is 1.82. The fourth-order valence-electron chi connectivity index (χ4n) is 1.56. The molecule has 76 valence electrons. The maximum atomic E-state index is 5.35. The van der Waals surface area contributed by atoms with Crippen LogP contribution in [0.25, 0.3) is 0 Å². The predicted molar refractivity (Wildman–Crippen MR) is 60.8 cm³/mol. The number of hydrogen-bond donors (Lipinski definition) is 0. The van der Waals surface area contributed by atoms with Crippen LogP contribution in [0.1, 0.15) is 25.8 Å². The molecule has 0 N–H and O–H groups in total. The molecule has 0 aromatic heterocycles. The molecule has 1 heteroatoms. The summed E-state index contributed by atoms with van der Waals surface area (Å²) in [6.45, 7) is 8.24. The van der Waals surface area contributed by atoms with Gasteiger partial charge in [-0.1, -0.05) is 38.1 Å². The van der Waals surface area contributed by atoms with Crippen LogP contribution in [0, 0.1) is 0 Å². The molecule has 0 aliphatic carbocycles. The second-order valence-corrected chi connectivity index (χ2v) is 3.68. The summed E-state index contributed by atoms with van der Waals surface area (Å²) in [4.78, 5) is 0. The molecule has 1 rings (SSSR count). The van der Waals surface area contributed by atoms with Crippen LogP contribution in [-0.2, 0) is 5.41 Å². The second-order valence-electron chi connectivity index (χ2n) is 3.68. The standard InChI is InChI=1S/C13H18O/c1-5-13(3,6-2)11-9-7-8-10-12(11)14-4/h5,7-10H,1,6H2,2-4H3/t13-/m1/s1. The van der Waals surface area contributed by atoms with Gasteiger partial charge in [-0.2, -0.15) is 0 Å². The lowest BCUT2D eigenvalue weighted by molar-refractivity contribution is 0.397. The summed E-state index contributed by atoms with van der Waals surface area (Å²) < 4.78 is 5.35. The molecule has 0 fully saturated rings. The number of rotatable bonds is 4. The quantitative estimate of drug-likeness (QED) is 0.660. The highest BCUT2D eigenvalue weighted by atomic mass is 16.5. The van der Waals surface area contributed by atoms with Gasteiger partial charge in [0.2, 0.25) is 0 Å². The second kappa shape index (κ2) is 4.32. The average Bonchev–Trinajstić information content (AvgIpc) is 2.28. The van der Waals surface area contributed by atoms with Gasteiger partial charge in [-0.25, -0.2) is 0 Å². The van der Waals surface area contributed by atoms with Gasteiger partial charge in [0.25, 0.3) is 0 Å². The van der Waals surface area contributed by atoms with E-state index in [0.717, 1.165) is 12.2 Å². The number of benzene rings is 1. The summed E-state index contributed by atoms with van der Waals surface area (Å²) >= 11 is 0. The van der Waals surface area contributed by atoms with E-state index in [-0.39, 0.29) is 5.41 Å². The van der Waals surface area contributed by atoms with Crippen LogP contribution < -0.4 is 4.74 Å². The summed E-state index contributed by atoms with van der Waals surface area (Å²) in [7, 11) is 1.71. The van der Waals surface area contributed by atoms with E-state index >= 15 is 0 Å². The first-order valence-corrected chi connectivity index (χ1v) is 4.95. The first-order valence-electron chi connectivity index (χ1n) is 4.95. The zero-order chi connectivity index (χ0) is 10.6. The molecule has 0 unspecified atom stereocenters. The number of allylic oxidation sites excluding steroid dienone is 1. The number of ether oxygens (including phenoxy) is 1. The van der Waals surface area contributed by atoms with E-state index in [1.165, 1.54) is 5.56 Å². The van der Waals surface area contributed by atoms with Crippen LogP contribution in [-0.4, -0.2) is 7.11 Å². The van der Waals surface area contributed by atoms with Gasteiger partial charge < -0.3 is 4.74 Å². The number of hydrogen-bond acceptors (Lipinski definition) is 1. The predicted octanol–water partition coefficient (Wildman–Crippen LogP) is 3.55. The Morgan fingerprint density at radius 2 is 2.07 bits per heavy atom. The third-order valence-corrected chi connectivity index (χ3v) is 2.91. The summed E-state index contributed by atoms with van der Waals surface area (Å²) in [5.41, 5.74) is 1.21. The molecule has 0 spiro atoms. The Labute approximate surface area is 86.4 Å². The highest BCUT2D eigenvalue weighted by Crippen LogP contribution is 2.34. The minimum absolute atomic E-state index is 0.00655. The molecule has 0 amide bonds. The number of methoxy groups -OCH3 is 1. The van der Waals surface area contributed by atoms with E-state index in [4.69, 9.17) is 4.74 Å². The van der Waals surface area contributed by atoms with Gasteiger partial charge in [0, 0.05) is 11.0 Å². The van der Waals surface area contributed by atoms with Gasteiger partial charge in [0.15, 0.2) is 0 Å². The lowest BCUT2D eigenvalue weighted by Gasteiger charge is -2.26. The van der Waals surface area contributed by atoms with Crippen LogP contribution in [0.3, 0.4) is 0 Å². The Balaban J connectivity index is 3.22. The van der Waals surface area contributed by atoms with E-state index in [9.17, 15) is 0 Å². The molecule has 0 saturated heterocycles. The zero-order valence-electron chi connectivity index (χ0n) is 9.21. The fraction of sp³-hybridized carbons (Fsp3) is 0.385. The Morgan fingerprint density at radius 1 is 1.43 bits per heavy atom. The first kappa shape index (κ1) is 10.8. The smallest absolute Gasteiger partial charge is 0.122 e. The molecule has 0 aliphatic rings. The fourth-order valence-corrected chi connectivity index (χ4v) is 1.56. The van der Waals surface area contributed by atoms with Crippen LogP contribution in [0.4, 0.5) is 0 Å². The minimum Gasteiger partial charge on any atom is -0.496 e.